The van der Waals surface area contributed by atoms with Gasteiger partial charge in [-0.1, -0.05) is 76.9 Å². The SMILES string of the molecule is CC(C)=CCC/C(C)=C/CC/C(=C\CC/C(C)=C/CO)CNC(=S)NCCc1ccccc1. The van der Waals surface area contributed by atoms with Crippen molar-refractivity contribution >= 4 is 17.3 Å². The van der Waals surface area contributed by atoms with E-state index in [-0.39, 0.29) is 6.61 Å². The zero-order chi connectivity index (χ0) is 24.3. The second-order valence-electron chi connectivity index (χ2n) is 8.89. The van der Waals surface area contributed by atoms with Crippen molar-refractivity contribution in [2.24, 2.45) is 0 Å². The average molecular weight is 469 g/mol. The molecule has 3 N–H and O–H groups in total. The highest BCUT2D eigenvalue weighted by Crippen LogP contribution is 2.14. The fourth-order valence-electron chi connectivity index (χ4n) is 3.44. The number of hydrogen-bond donors (Lipinski definition) is 3. The largest absolute Gasteiger partial charge is 0.392 e. The van der Waals surface area contributed by atoms with Crippen molar-refractivity contribution < 1.29 is 5.11 Å². The Kier molecular flexibility index (Phi) is 16.0. The molecule has 1 rings (SSSR count). The summed E-state index contributed by atoms with van der Waals surface area (Å²) in [5.41, 5.74) is 6.77. The number of hydrogen-bond acceptors (Lipinski definition) is 2. The van der Waals surface area contributed by atoms with Crippen LogP contribution in [-0.2, 0) is 6.42 Å². The zero-order valence-corrected chi connectivity index (χ0v) is 21.9. The monoisotopic (exact) mass is 468 g/mol. The lowest BCUT2D eigenvalue weighted by Gasteiger charge is -2.13. The highest BCUT2D eigenvalue weighted by atomic mass is 32.1. The molecule has 0 aliphatic carbocycles. The van der Waals surface area contributed by atoms with Gasteiger partial charge in [-0.25, -0.2) is 0 Å². The van der Waals surface area contributed by atoms with Gasteiger partial charge in [-0.15, -0.1) is 0 Å². The van der Waals surface area contributed by atoms with E-state index in [9.17, 15) is 0 Å². The van der Waals surface area contributed by atoms with Crippen molar-refractivity contribution in [1.82, 2.24) is 10.6 Å². The minimum Gasteiger partial charge on any atom is -0.392 e. The molecule has 0 heterocycles. The third-order valence-corrected chi connectivity index (χ3v) is 5.77. The standard InChI is InChI=1S/C29H44N2OS/c1-24(2)11-8-12-25(3)13-9-17-28(18-10-14-26(4)20-22-32)23-31-29(33)30-21-19-27-15-6-5-7-16-27/h5-7,11,13,15-16,18,20,32H,8-10,12,14,17,19,21-23H2,1-4H3,(H2,30,31,33)/b25-13+,26-20+,28-18+. The smallest absolute Gasteiger partial charge is 0.166 e. The molecule has 0 saturated carbocycles. The van der Waals surface area contributed by atoms with E-state index < -0.39 is 0 Å². The van der Waals surface area contributed by atoms with Crippen LogP contribution in [0.4, 0.5) is 0 Å². The quantitative estimate of drug-likeness (QED) is 0.195. The second kappa shape index (κ2) is 18.3. The Balaban J connectivity index is 2.52. The summed E-state index contributed by atoms with van der Waals surface area (Å²) in [6, 6.07) is 10.5. The molecular weight excluding hydrogens is 424 g/mol. The van der Waals surface area contributed by atoms with Crippen LogP contribution in [0.25, 0.3) is 0 Å². The normalized spacial score (nSPS) is 12.5. The molecule has 0 atom stereocenters. The molecule has 0 bridgehead atoms. The van der Waals surface area contributed by atoms with Crippen LogP contribution >= 0.6 is 12.2 Å². The fourth-order valence-corrected chi connectivity index (χ4v) is 3.61. The number of allylic oxidation sites excluding steroid dienone is 6. The summed E-state index contributed by atoms with van der Waals surface area (Å²) in [4.78, 5) is 0. The lowest BCUT2D eigenvalue weighted by atomic mass is 10.0. The third kappa shape index (κ3) is 16.1. The van der Waals surface area contributed by atoms with Crippen LogP contribution < -0.4 is 10.6 Å². The maximum absolute atomic E-state index is 9.06. The molecule has 0 aliphatic rings. The van der Waals surface area contributed by atoms with Crippen LogP contribution in [0.5, 0.6) is 0 Å². The van der Waals surface area contributed by atoms with Gasteiger partial charge < -0.3 is 15.7 Å². The van der Waals surface area contributed by atoms with Crippen LogP contribution in [0.2, 0.25) is 0 Å². The van der Waals surface area contributed by atoms with Crippen molar-refractivity contribution in [1.29, 1.82) is 0 Å². The van der Waals surface area contributed by atoms with Crippen molar-refractivity contribution in [2.45, 2.75) is 72.6 Å². The molecule has 0 radical (unpaired) electrons. The van der Waals surface area contributed by atoms with Crippen LogP contribution in [0.15, 0.2) is 76.9 Å². The Hall–Kier alpha value is -2.17. The van der Waals surface area contributed by atoms with Crippen LogP contribution in [0, 0.1) is 0 Å². The minimum absolute atomic E-state index is 0.115. The highest BCUT2D eigenvalue weighted by Gasteiger charge is 2.01. The maximum Gasteiger partial charge on any atom is 0.166 e. The summed E-state index contributed by atoms with van der Waals surface area (Å²) in [7, 11) is 0. The van der Waals surface area contributed by atoms with Gasteiger partial charge >= 0.3 is 0 Å². The number of rotatable bonds is 15. The van der Waals surface area contributed by atoms with Gasteiger partial charge in [0.2, 0.25) is 0 Å². The lowest BCUT2D eigenvalue weighted by Crippen LogP contribution is -2.37. The topological polar surface area (TPSA) is 44.3 Å². The van der Waals surface area contributed by atoms with Crippen LogP contribution in [-0.4, -0.2) is 29.9 Å². The van der Waals surface area contributed by atoms with E-state index in [1.807, 2.05) is 12.1 Å². The van der Waals surface area contributed by atoms with Crippen molar-refractivity contribution in [2.75, 3.05) is 19.7 Å². The molecule has 182 valence electrons. The van der Waals surface area contributed by atoms with Gasteiger partial charge in [0, 0.05) is 13.1 Å². The molecule has 0 unspecified atom stereocenters. The van der Waals surface area contributed by atoms with Crippen LogP contribution in [0.1, 0.15) is 71.8 Å². The predicted molar refractivity (Wildman–Crippen MR) is 149 cm³/mol. The van der Waals surface area contributed by atoms with Gasteiger partial charge in [0.25, 0.3) is 0 Å². The summed E-state index contributed by atoms with van der Waals surface area (Å²) < 4.78 is 0. The first-order chi connectivity index (χ1) is 15.9. The minimum atomic E-state index is 0.115. The molecule has 0 fully saturated rings. The molecule has 0 saturated heterocycles. The Bertz CT molecular complexity index is 802. The van der Waals surface area contributed by atoms with Crippen LogP contribution in [0.3, 0.4) is 0 Å². The van der Waals surface area contributed by atoms with Gasteiger partial charge in [0.05, 0.1) is 6.61 Å². The molecular formula is C29H44N2OS. The van der Waals surface area contributed by atoms with Gasteiger partial charge in [-0.3, -0.25) is 0 Å². The Morgan fingerprint density at radius 3 is 2.12 bits per heavy atom. The zero-order valence-electron chi connectivity index (χ0n) is 21.1. The summed E-state index contributed by atoms with van der Waals surface area (Å²) in [6.07, 6.45) is 16.1. The van der Waals surface area contributed by atoms with E-state index in [4.69, 9.17) is 17.3 Å². The predicted octanol–water partition coefficient (Wildman–Crippen LogP) is 6.81. The first kappa shape index (κ1) is 28.9. The molecule has 1 aromatic rings. The van der Waals surface area contributed by atoms with E-state index >= 15 is 0 Å². The number of thiocarbonyl (C=S) groups is 1. The van der Waals surface area contributed by atoms with Gasteiger partial charge in [0.1, 0.15) is 0 Å². The summed E-state index contributed by atoms with van der Waals surface area (Å²) in [5, 5.41) is 16.5. The van der Waals surface area contributed by atoms with Crippen molar-refractivity contribution in [3.63, 3.8) is 0 Å². The first-order valence-electron chi connectivity index (χ1n) is 12.2. The Morgan fingerprint density at radius 1 is 0.818 bits per heavy atom. The van der Waals surface area contributed by atoms with E-state index in [1.165, 1.54) is 27.9 Å². The van der Waals surface area contributed by atoms with E-state index in [2.05, 4.69) is 80.8 Å². The fraction of sp³-hybridized carbons (Fsp3) is 0.483. The molecule has 1 aromatic carbocycles. The maximum atomic E-state index is 9.06. The summed E-state index contributed by atoms with van der Waals surface area (Å²) in [6.45, 7) is 10.3. The number of nitrogens with one attached hydrogen (secondary N) is 2. The second-order valence-corrected chi connectivity index (χ2v) is 9.30. The third-order valence-electron chi connectivity index (χ3n) is 5.48. The van der Waals surface area contributed by atoms with E-state index in [0.717, 1.165) is 58.0 Å². The first-order valence-corrected chi connectivity index (χ1v) is 12.6. The Morgan fingerprint density at radius 2 is 1.45 bits per heavy atom. The molecule has 3 nitrogen and oxygen atoms in total. The number of benzene rings is 1. The van der Waals surface area contributed by atoms with Crippen molar-refractivity contribution in [3.8, 4) is 0 Å². The molecule has 0 amide bonds. The average Bonchev–Trinajstić information content (AvgIpc) is 2.77. The molecule has 0 spiro atoms. The van der Waals surface area contributed by atoms with Crippen molar-refractivity contribution in [3.05, 3.63) is 82.5 Å². The number of aliphatic hydroxyl groups is 1. The molecule has 0 aromatic heterocycles. The van der Waals surface area contributed by atoms with Gasteiger partial charge in [-0.2, -0.15) is 0 Å². The van der Waals surface area contributed by atoms with E-state index in [0.29, 0.717) is 5.11 Å². The highest BCUT2D eigenvalue weighted by molar-refractivity contribution is 7.80. The van der Waals surface area contributed by atoms with Gasteiger partial charge in [0.15, 0.2) is 5.11 Å². The molecule has 33 heavy (non-hydrogen) atoms. The molecule has 0 aliphatic heterocycles. The van der Waals surface area contributed by atoms with E-state index in [1.54, 1.807) is 0 Å². The lowest BCUT2D eigenvalue weighted by molar-refractivity contribution is 0.341. The number of aliphatic hydroxyl groups excluding tert-OH is 1. The Labute approximate surface area is 207 Å². The summed E-state index contributed by atoms with van der Waals surface area (Å²) >= 11 is 5.50. The molecule has 4 heteroatoms. The summed E-state index contributed by atoms with van der Waals surface area (Å²) in [5.74, 6) is 0. The van der Waals surface area contributed by atoms with Gasteiger partial charge in [-0.05, 0) is 90.4 Å².